The Morgan fingerprint density at radius 2 is 2.12 bits per heavy atom. The van der Waals surface area contributed by atoms with Gasteiger partial charge in [0.2, 0.25) is 0 Å². The number of carbonyl (C=O) groups is 1. The molecule has 0 aromatic heterocycles. The van der Waals surface area contributed by atoms with Gasteiger partial charge in [-0.3, -0.25) is 0 Å². The van der Waals surface area contributed by atoms with E-state index in [9.17, 15) is 9.70 Å². The first-order chi connectivity index (χ1) is 7.70. The molecule has 1 aromatic rings. The Labute approximate surface area is 92.9 Å². The van der Waals surface area contributed by atoms with Gasteiger partial charge in [0.1, 0.15) is 0 Å². The summed E-state index contributed by atoms with van der Waals surface area (Å²) in [6.07, 6.45) is 0. The van der Waals surface area contributed by atoms with E-state index in [2.05, 4.69) is 5.29 Å². The van der Waals surface area contributed by atoms with Crippen LogP contribution in [0.1, 0.15) is 18.5 Å². The quantitative estimate of drug-likeness (QED) is 0.350. The zero-order chi connectivity index (χ0) is 12.0. The summed E-state index contributed by atoms with van der Waals surface area (Å²) in [4.78, 5) is 22.0. The molecule has 6 nitrogen and oxygen atoms in total. The standard InChI is InChI=1S/C10H13N3O3/c1-2-16-10(14)9(13(11)12-15)8-6-4-3-5-7-8/h3-7,9H,2,11H2,1H3/t9-/m0/s1. The largest absolute Gasteiger partial charge is 0.464 e. The van der Waals surface area contributed by atoms with Crippen molar-refractivity contribution in [3.8, 4) is 0 Å². The number of esters is 1. The van der Waals surface area contributed by atoms with E-state index in [1.54, 1.807) is 37.3 Å². The first kappa shape index (κ1) is 12.1. The van der Waals surface area contributed by atoms with Crippen molar-refractivity contribution in [1.82, 2.24) is 5.12 Å². The maximum atomic E-state index is 11.6. The van der Waals surface area contributed by atoms with Crippen molar-refractivity contribution in [3.63, 3.8) is 0 Å². The van der Waals surface area contributed by atoms with Crippen molar-refractivity contribution >= 4 is 5.97 Å². The second-order valence-electron chi connectivity index (χ2n) is 3.03. The highest BCUT2D eigenvalue weighted by Crippen LogP contribution is 2.19. The molecule has 1 atom stereocenters. The molecule has 0 spiro atoms. The molecule has 2 N–H and O–H groups in total. The number of hydrogen-bond acceptors (Lipinski definition) is 5. The highest BCUT2D eigenvalue weighted by Gasteiger charge is 2.27. The van der Waals surface area contributed by atoms with Crippen molar-refractivity contribution in [3.05, 3.63) is 40.8 Å². The lowest BCUT2D eigenvalue weighted by molar-refractivity contribution is -0.150. The molecule has 0 aliphatic heterocycles. The average Bonchev–Trinajstić information content (AvgIpc) is 2.31. The third-order valence-electron chi connectivity index (χ3n) is 1.98. The Bertz CT molecular complexity index is 356. The maximum Gasteiger partial charge on any atom is 0.337 e. The van der Waals surface area contributed by atoms with Gasteiger partial charge < -0.3 is 4.74 Å². The molecule has 16 heavy (non-hydrogen) atoms. The van der Waals surface area contributed by atoms with Gasteiger partial charge in [-0.25, -0.2) is 10.6 Å². The SMILES string of the molecule is CCOC(=O)[C@H](c1ccccc1)N(N)N=O. The highest BCUT2D eigenvalue weighted by molar-refractivity contribution is 5.77. The number of nitrogens with zero attached hydrogens (tertiary/aromatic N) is 2. The normalized spacial score (nSPS) is 11.6. The first-order valence-corrected chi connectivity index (χ1v) is 4.79. The monoisotopic (exact) mass is 223 g/mol. The van der Waals surface area contributed by atoms with Gasteiger partial charge in [-0.2, -0.15) is 5.12 Å². The lowest BCUT2D eigenvalue weighted by Crippen LogP contribution is -2.36. The molecule has 86 valence electrons. The second kappa shape index (κ2) is 5.82. The molecule has 0 aliphatic carbocycles. The molecular weight excluding hydrogens is 210 g/mol. The molecule has 0 heterocycles. The van der Waals surface area contributed by atoms with Crippen LogP contribution in [0.15, 0.2) is 35.6 Å². The van der Waals surface area contributed by atoms with Crippen molar-refractivity contribution in [2.24, 2.45) is 11.1 Å². The first-order valence-electron chi connectivity index (χ1n) is 4.79. The van der Waals surface area contributed by atoms with E-state index in [1.807, 2.05) is 0 Å². The molecule has 0 unspecified atom stereocenters. The van der Waals surface area contributed by atoms with Crippen molar-refractivity contribution in [2.75, 3.05) is 6.61 Å². The summed E-state index contributed by atoms with van der Waals surface area (Å²) in [5, 5.41) is 3.08. The van der Waals surface area contributed by atoms with Gasteiger partial charge >= 0.3 is 5.97 Å². The molecule has 0 saturated heterocycles. The molecular formula is C10H13N3O3. The summed E-state index contributed by atoms with van der Waals surface area (Å²) in [5.41, 5.74) is 0.558. The number of ether oxygens (including phenoxy) is 1. The van der Waals surface area contributed by atoms with Gasteiger partial charge in [0, 0.05) is 0 Å². The number of hydrogen-bond donors (Lipinski definition) is 1. The van der Waals surface area contributed by atoms with Crippen LogP contribution in [0.2, 0.25) is 0 Å². The zero-order valence-corrected chi connectivity index (χ0v) is 8.87. The molecule has 0 radical (unpaired) electrons. The Kier molecular flexibility index (Phi) is 4.41. The van der Waals surface area contributed by atoms with Crippen LogP contribution in [0.5, 0.6) is 0 Å². The summed E-state index contributed by atoms with van der Waals surface area (Å²) >= 11 is 0. The van der Waals surface area contributed by atoms with Crippen LogP contribution in [0, 0.1) is 4.91 Å². The number of nitroso groups, excluding NO2 is 1. The van der Waals surface area contributed by atoms with E-state index >= 15 is 0 Å². The minimum Gasteiger partial charge on any atom is -0.464 e. The third-order valence-corrected chi connectivity index (χ3v) is 1.98. The molecule has 0 fully saturated rings. The molecule has 0 saturated carbocycles. The van der Waals surface area contributed by atoms with Crippen LogP contribution in [0.3, 0.4) is 0 Å². The fourth-order valence-corrected chi connectivity index (χ4v) is 1.30. The van der Waals surface area contributed by atoms with Crippen molar-refractivity contribution < 1.29 is 9.53 Å². The Morgan fingerprint density at radius 3 is 2.62 bits per heavy atom. The van der Waals surface area contributed by atoms with Crippen LogP contribution in [0.25, 0.3) is 0 Å². The minimum absolute atomic E-state index is 0.217. The predicted octanol–water partition coefficient (Wildman–Crippen LogP) is 1.15. The summed E-state index contributed by atoms with van der Waals surface area (Å²) in [5.74, 6) is 4.73. The smallest absolute Gasteiger partial charge is 0.337 e. The highest BCUT2D eigenvalue weighted by atomic mass is 16.5. The summed E-state index contributed by atoms with van der Waals surface area (Å²) in [7, 11) is 0. The van der Waals surface area contributed by atoms with Crippen LogP contribution < -0.4 is 5.84 Å². The van der Waals surface area contributed by atoms with Crippen LogP contribution in [-0.2, 0) is 9.53 Å². The zero-order valence-electron chi connectivity index (χ0n) is 8.87. The third kappa shape index (κ3) is 2.77. The molecule has 0 bridgehead atoms. The topological polar surface area (TPSA) is 85.0 Å². The fraction of sp³-hybridized carbons (Fsp3) is 0.300. The second-order valence-corrected chi connectivity index (χ2v) is 3.03. The van der Waals surface area contributed by atoms with E-state index in [0.717, 1.165) is 0 Å². The van der Waals surface area contributed by atoms with Crippen molar-refractivity contribution in [2.45, 2.75) is 13.0 Å². The molecule has 6 heteroatoms. The van der Waals surface area contributed by atoms with E-state index in [-0.39, 0.29) is 6.61 Å². The van der Waals surface area contributed by atoms with Gasteiger partial charge in [0.05, 0.1) is 11.9 Å². The molecule has 1 rings (SSSR count). The van der Waals surface area contributed by atoms with Gasteiger partial charge in [0.25, 0.3) is 0 Å². The molecule has 0 aliphatic rings. The van der Waals surface area contributed by atoms with Gasteiger partial charge in [-0.15, -0.1) is 4.91 Å². The van der Waals surface area contributed by atoms with Crippen LogP contribution in [-0.4, -0.2) is 17.7 Å². The van der Waals surface area contributed by atoms with E-state index in [0.29, 0.717) is 10.7 Å². The van der Waals surface area contributed by atoms with E-state index in [1.165, 1.54) is 0 Å². The number of benzene rings is 1. The predicted molar refractivity (Wildman–Crippen MR) is 57.6 cm³/mol. The number of rotatable bonds is 5. The summed E-state index contributed by atoms with van der Waals surface area (Å²) in [6.45, 7) is 1.89. The van der Waals surface area contributed by atoms with Gasteiger partial charge in [-0.1, -0.05) is 30.3 Å². The van der Waals surface area contributed by atoms with E-state index < -0.39 is 12.0 Å². The number of hydrazine groups is 1. The number of nitrogens with two attached hydrogens (primary N) is 1. The summed E-state index contributed by atoms with van der Waals surface area (Å²) < 4.78 is 4.82. The number of carbonyl (C=O) groups excluding carboxylic acids is 1. The molecule has 1 aromatic carbocycles. The Hall–Kier alpha value is -1.95. The van der Waals surface area contributed by atoms with Gasteiger partial charge in [0.15, 0.2) is 6.04 Å². The fourth-order valence-electron chi connectivity index (χ4n) is 1.30. The van der Waals surface area contributed by atoms with Crippen molar-refractivity contribution in [1.29, 1.82) is 0 Å². The van der Waals surface area contributed by atoms with Crippen LogP contribution in [0.4, 0.5) is 0 Å². The Balaban J connectivity index is 2.96. The average molecular weight is 223 g/mol. The lowest BCUT2D eigenvalue weighted by atomic mass is 10.1. The van der Waals surface area contributed by atoms with Gasteiger partial charge in [-0.05, 0) is 12.5 Å². The van der Waals surface area contributed by atoms with Crippen LogP contribution >= 0.6 is 0 Å². The lowest BCUT2D eigenvalue weighted by Gasteiger charge is -2.20. The maximum absolute atomic E-state index is 11.6. The molecule has 0 amide bonds. The summed E-state index contributed by atoms with van der Waals surface area (Å²) in [6, 6.07) is 7.61. The van der Waals surface area contributed by atoms with E-state index in [4.69, 9.17) is 10.6 Å². The Morgan fingerprint density at radius 1 is 1.50 bits per heavy atom. The minimum atomic E-state index is -1.00.